The van der Waals surface area contributed by atoms with Gasteiger partial charge in [0, 0.05) is 73.4 Å². The Morgan fingerprint density at radius 2 is 1.91 bits per heavy atom. The Morgan fingerprint density at radius 1 is 1.11 bits per heavy atom. The number of benzene rings is 1. The Kier molecular flexibility index (Phi) is 12.3. The van der Waals surface area contributed by atoms with Gasteiger partial charge in [0.2, 0.25) is 0 Å². The molecular weight excluding hydrogens is 570 g/mol. The Labute approximate surface area is 264 Å². The number of rotatable bonds is 9. The van der Waals surface area contributed by atoms with Gasteiger partial charge in [0.15, 0.2) is 0 Å². The maximum Gasteiger partial charge on any atom is 0.261 e. The van der Waals surface area contributed by atoms with Crippen LogP contribution in [0.2, 0.25) is 0 Å². The predicted molar refractivity (Wildman–Crippen MR) is 180 cm³/mol. The van der Waals surface area contributed by atoms with E-state index in [2.05, 4.69) is 40.5 Å². The first kappa shape index (κ1) is 32.7. The van der Waals surface area contributed by atoms with Gasteiger partial charge in [0.25, 0.3) is 11.8 Å². The number of nitrogens with one attached hydrogen (secondary N) is 3. The maximum atomic E-state index is 13.2. The first-order valence-corrected chi connectivity index (χ1v) is 16.0. The van der Waals surface area contributed by atoms with E-state index < -0.39 is 0 Å². The molecule has 232 valence electrons. The molecule has 2 aromatic heterocycles. The summed E-state index contributed by atoms with van der Waals surface area (Å²) in [4.78, 5) is 33.6. The van der Waals surface area contributed by atoms with Crippen molar-refractivity contribution in [3.8, 4) is 0 Å². The predicted octanol–water partition coefficient (Wildman–Crippen LogP) is 6.60. The van der Waals surface area contributed by atoms with Crippen LogP contribution in [0.1, 0.15) is 62.4 Å². The Morgan fingerprint density at radius 3 is 2.61 bits per heavy atom. The van der Waals surface area contributed by atoms with E-state index in [0.717, 1.165) is 59.7 Å². The van der Waals surface area contributed by atoms with E-state index >= 15 is 0 Å². The number of amides is 2. The van der Waals surface area contributed by atoms with Crippen LogP contribution in [0.25, 0.3) is 0 Å². The van der Waals surface area contributed by atoms with E-state index in [-0.39, 0.29) is 11.8 Å². The smallest absolute Gasteiger partial charge is 0.261 e. The third-order valence-electron chi connectivity index (χ3n) is 7.18. The summed E-state index contributed by atoms with van der Waals surface area (Å²) in [6.45, 7) is 8.33. The summed E-state index contributed by atoms with van der Waals surface area (Å²) >= 11 is 1.55. The van der Waals surface area contributed by atoms with Gasteiger partial charge < -0.3 is 25.6 Å². The van der Waals surface area contributed by atoms with Crippen molar-refractivity contribution in [1.29, 1.82) is 0 Å². The normalized spacial score (nSPS) is 16.0. The molecule has 0 spiro atoms. The first-order valence-electron chi connectivity index (χ1n) is 15.1. The molecule has 0 saturated heterocycles. The van der Waals surface area contributed by atoms with E-state index in [1.807, 2.05) is 67.7 Å². The van der Waals surface area contributed by atoms with Crippen molar-refractivity contribution >= 4 is 34.5 Å². The highest BCUT2D eigenvalue weighted by Crippen LogP contribution is 2.27. The van der Waals surface area contributed by atoms with Crippen molar-refractivity contribution in [2.24, 2.45) is 0 Å². The fourth-order valence-corrected chi connectivity index (χ4v) is 5.67. The van der Waals surface area contributed by atoms with E-state index in [1.165, 1.54) is 4.88 Å². The first-order chi connectivity index (χ1) is 21.4. The van der Waals surface area contributed by atoms with Crippen molar-refractivity contribution in [3.05, 3.63) is 112 Å². The second-order valence-corrected chi connectivity index (χ2v) is 11.9. The lowest BCUT2D eigenvalue weighted by Gasteiger charge is -2.23. The van der Waals surface area contributed by atoms with Crippen LogP contribution >= 0.6 is 11.3 Å². The Bertz CT molecular complexity index is 1470. The molecule has 2 aliphatic rings. The topological polar surface area (TPSA) is 95.6 Å². The summed E-state index contributed by atoms with van der Waals surface area (Å²) in [5.41, 5.74) is 5.42. The number of carbonyl (C=O) groups excluding carboxylic acids is 2. The van der Waals surface area contributed by atoms with Crippen molar-refractivity contribution in [3.63, 3.8) is 0 Å². The molecule has 1 saturated carbocycles. The third-order valence-corrected chi connectivity index (χ3v) is 8.38. The number of hydrogen-bond acceptors (Lipinski definition) is 7. The summed E-state index contributed by atoms with van der Waals surface area (Å²) in [5.74, 6) is -0.0676. The molecule has 0 bridgehead atoms. The van der Waals surface area contributed by atoms with Crippen molar-refractivity contribution < 1.29 is 14.3 Å². The number of aromatic nitrogens is 1. The van der Waals surface area contributed by atoms with Gasteiger partial charge in [0.05, 0.1) is 17.2 Å². The molecule has 1 aliphatic heterocycles. The minimum absolute atomic E-state index is 0.0120. The lowest BCUT2D eigenvalue weighted by atomic mass is 10.1. The van der Waals surface area contributed by atoms with Crippen molar-refractivity contribution in [2.45, 2.75) is 51.7 Å². The number of fused-ring (bicyclic) bond motifs is 1. The number of pyridine rings is 1. The number of methoxy groups -OCH3 is 1. The van der Waals surface area contributed by atoms with Crippen LogP contribution in [-0.2, 0) is 24.2 Å². The van der Waals surface area contributed by atoms with E-state index in [0.29, 0.717) is 36.9 Å². The molecule has 3 N–H and O–H groups in total. The average Bonchev–Trinajstić information content (AvgIpc) is 3.77. The minimum atomic E-state index is -0.0796. The van der Waals surface area contributed by atoms with E-state index in [9.17, 15) is 9.59 Å². The van der Waals surface area contributed by atoms with Crippen LogP contribution < -0.4 is 16.0 Å². The summed E-state index contributed by atoms with van der Waals surface area (Å²) < 4.78 is 5.00. The lowest BCUT2D eigenvalue weighted by Crippen LogP contribution is -2.31. The fourth-order valence-electron chi connectivity index (χ4n) is 4.58. The highest BCUT2D eigenvalue weighted by Gasteiger charge is 2.25. The summed E-state index contributed by atoms with van der Waals surface area (Å²) in [6, 6.07) is 13.7. The monoisotopic (exact) mass is 613 g/mol. The van der Waals surface area contributed by atoms with Gasteiger partial charge in [-0.1, -0.05) is 31.7 Å². The van der Waals surface area contributed by atoms with Gasteiger partial charge >= 0.3 is 0 Å². The SMILES string of the molecule is C=C1/C=C\C=C/Cc2sc(C(=O)NC3CC3)cc2CCN1C(=O)c1ccc(NC)cc1.CCCNc1ccnc(COC)c1. The van der Waals surface area contributed by atoms with Gasteiger partial charge in [-0.2, -0.15) is 0 Å². The average molecular weight is 614 g/mol. The zero-order chi connectivity index (χ0) is 31.3. The second-order valence-electron chi connectivity index (χ2n) is 10.7. The number of ether oxygens (including phenoxy) is 1. The zero-order valence-electron chi connectivity index (χ0n) is 25.9. The Balaban J connectivity index is 0.000000285. The summed E-state index contributed by atoms with van der Waals surface area (Å²) in [6.07, 6.45) is 14.3. The van der Waals surface area contributed by atoms with Crippen molar-refractivity contribution in [1.82, 2.24) is 15.2 Å². The molecule has 9 heteroatoms. The van der Waals surface area contributed by atoms with Gasteiger partial charge in [-0.3, -0.25) is 14.6 Å². The highest BCUT2D eigenvalue weighted by molar-refractivity contribution is 7.14. The van der Waals surface area contributed by atoms with E-state index in [1.54, 1.807) is 29.5 Å². The van der Waals surface area contributed by atoms with Gasteiger partial charge in [-0.25, -0.2) is 0 Å². The number of hydrogen-bond donors (Lipinski definition) is 3. The molecule has 5 rings (SSSR count). The number of anilines is 2. The quantitative estimate of drug-likeness (QED) is 0.252. The fraction of sp³-hybridized carbons (Fsp3) is 0.343. The van der Waals surface area contributed by atoms with Gasteiger partial charge in [-0.05, 0) is 79.8 Å². The largest absolute Gasteiger partial charge is 0.388 e. The minimum Gasteiger partial charge on any atom is -0.388 e. The van der Waals surface area contributed by atoms with Crippen LogP contribution in [0.4, 0.5) is 11.4 Å². The van der Waals surface area contributed by atoms with Gasteiger partial charge in [0.1, 0.15) is 0 Å². The van der Waals surface area contributed by atoms with Crippen LogP contribution in [0.3, 0.4) is 0 Å². The molecule has 2 amide bonds. The molecule has 3 aromatic rings. The zero-order valence-corrected chi connectivity index (χ0v) is 26.7. The molecule has 0 atom stereocenters. The lowest BCUT2D eigenvalue weighted by molar-refractivity contribution is 0.0812. The molecule has 8 nitrogen and oxygen atoms in total. The molecule has 1 aromatic carbocycles. The molecule has 0 radical (unpaired) electrons. The van der Waals surface area contributed by atoms with Gasteiger partial charge in [-0.15, -0.1) is 11.3 Å². The molecule has 1 aliphatic carbocycles. The maximum absolute atomic E-state index is 13.2. The van der Waals surface area contributed by atoms with Crippen LogP contribution in [0.15, 0.2) is 85.2 Å². The number of allylic oxidation sites excluding steroid dienone is 4. The molecule has 44 heavy (non-hydrogen) atoms. The highest BCUT2D eigenvalue weighted by atomic mass is 32.1. The standard InChI is InChI=1S/C25H27N3O2S.C10H16N2O/c1-17-6-4-3-5-7-22-19(16-23(31-22)24(29)27-21-12-13-21)14-15-28(17)25(30)18-8-10-20(26-2)11-9-18;1-3-5-11-9-4-6-12-10(7-9)8-13-2/h3-6,8-11,16,21,26H,1,7,12-15H2,2H3,(H,27,29);4,6-7H,3,5,8H2,1-2H3,(H,11,12)/b5-3-,6-4-;. The van der Waals surface area contributed by atoms with E-state index in [4.69, 9.17) is 4.74 Å². The van der Waals surface area contributed by atoms with Crippen LogP contribution in [0, 0.1) is 0 Å². The molecular formula is C35H43N5O3S. The Hall–Kier alpha value is -4.21. The number of thiophene rings is 1. The molecule has 0 unspecified atom stereocenters. The molecule has 1 fully saturated rings. The van der Waals surface area contributed by atoms with Crippen LogP contribution in [0.5, 0.6) is 0 Å². The second kappa shape index (κ2) is 16.6. The summed E-state index contributed by atoms with van der Waals surface area (Å²) in [7, 11) is 3.52. The number of nitrogens with zero attached hydrogens (tertiary/aromatic N) is 2. The number of carbonyl (C=O) groups is 2. The molecule has 3 heterocycles. The van der Waals surface area contributed by atoms with Crippen LogP contribution in [-0.4, -0.2) is 55.0 Å². The third kappa shape index (κ3) is 9.65. The van der Waals surface area contributed by atoms with Crippen molar-refractivity contribution in [2.75, 3.05) is 37.9 Å². The summed E-state index contributed by atoms with van der Waals surface area (Å²) in [5, 5.41) is 9.43.